The van der Waals surface area contributed by atoms with E-state index in [1.807, 2.05) is 12.1 Å². The van der Waals surface area contributed by atoms with Crippen LogP contribution in [0, 0.1) is 10.8 Å². The zero-order chi connectivity index (χ0) is 15.8. The SMILES string of the molecule is CC(C)(C)CC(C)(c1ccc(C(=O)O)cc1)C(C)(C)C. The minimum absolute atomic E-state index is 0.00227. The molecule has 0 aliphatic heterocycles. The van der Waals surface area contributed by atoms with Crippen LogP contribution in [-0.4, -0.2) is 11.1 Å². The average Bonchev–Trinajstić information content (AvgIpc) is 2.25. The van der Waals surface area contributed by atoms with Crippen LogP contribution in [0.15, 0.2) is 24.3 Å². The third-order valence-electron chi connectivity index (χ3n) is 4.31. The Morgan fingerprint density at radius 2 is 1.40 bits per heavy atom. The van der Waals surface area contributed by atoms with Crippen LogP contribution in [0.2, 0.25) is 0 Å². The summed E-state index contributed by atoms with van der Waals surface area (Å²) in [5.74, 6) is -0.871. The lowest BCUT2D eigenvalue weighted by Gasteiger charge is -2.46. The van der Waals surface area contributed by atoms with Crippen LogP contribution < -0.4 is 0 Å². The van der Waals surface area contributed by atoms with E-state index in [9.17, 15) is 4.79 Å². The summed E-state index contributed by atoms with van der Waals surface area (Å²) in [6.45, 7) is 15.8. The predicted octanol–water partition coefficient (Wildman–Crippen LogP) is 5.12. The largest absolute Gasteiger partial charge is 0.478 e. The maximum Gasteiger partial charge on any atom is 0.335 e. The molecule has 1 rings (SSSR count). The van der Waals surface area contributed by atoms with Gasteiger partial charge in [0, 0.05) is 0 Å². The van der Waals surface area contributed by atoms with Gasteiger partial charge >= 0.3 is 5.97 Å². The van der Waals surface area contributed by atoms with Crippen LogP contribution in [-0.2, 0) is 5.41 Å². The van der Waals surface area contributed by atoms with Crippen molar-refractivity contribution in [2.24, 2.45) is 10.8 Å². The van der Waals surface area contributed by atoms with Crippen LogP contribution >= 0.6 is 0 Å². The second-order valence-corrected chi connectivity index (χ2v) is 8.20. The molecule has 0 aliphatic rings. The van der Waals surface area contributed by atoms with E-state index in [1.165, 1.54) is 5.56 Å². The molecule has 0 saturated carbocycles. The van der Waals surface area contributed by atoms with Crippen molar-refractivity contribution in [2.45, 2.75) is 60.3 Å². The molecule has 1 aromatic carbocycles. The molecule has 0 amide bonds. The number of hydrogen-bond acceptors (Lipinski definition) is 1. The lowest BCUT2D eigenvalue weighted by molar-refractivity contribution is 0.0696. The van der Waals surface area contributed by atoms with E-state index in [-0.39, 0.29) is 16.2 Å². The summed E-state index contributed by atoms with van der Waals surface area (Å²) >= 11 is 0. The van der Waals surface area contributed by atoms with E-state index in [2.05, 4.69) is 48.5 Å². The summed E-state index contributed by atoms with van der Waals surface area (Å²) in [7, 11) is 0. The van der Waals surface area contributed by atoms with Gasteiger partial charge in [0.1, 0.15) is 0 Å². The lowest BCUT2D eigenvalue weighted by atomic mass is 9.58. The number of carbonyl (C=O) groups is 1. The molecular weight excluding hydrogens is 248 g/mol. The van der Waals surface area contributed by atoms with E-state index in [0.29, 0.717) is 5.56 Å². The third kappa shape index (κ3) is 3.62. The summed E-state index contributed by atoms with van der Waals surface area (Å²) < 4.78 is 0. The Bertz CT molecular complexity index is 472. The smallest absolute Gasteiger partial charge is 0.335 e. The molecule has 1 atom stereocenters. The highest BCUT2D eigenvalue weighted by Crippen LogP contribution is 2.48. The van der Waals surface area contributed by atoms with Crippen molar-refractivity contribution in [3.8, 4) is 0 Å². The Morgan fingerprint density at radius 3 is 1.70 bits per heavy atom. The van der Waals surface area contributed by atoms with E-state index >= 15 is 0 Å². The molecule has 112 valence electrons. The normalized spacial score (nSPS) is 15.8. The molecule has 0 saturated heterocycles. The fourth-order valence-corrected chi connectivity index (χ4v) is 2.84. The van der Waals surface area contributed by atoms with Crippen LogP contribution in [0.4, 0.5) is 0 Å². The summed E-state index contributed by atoms with van der Waals surface area (Å²) in [4.78, 5) is 11.0. The number of carboxylic acid groups (broad SMARTS) is 1. The van der Waals surface area contributed by atoms with E-state index in [1.54, 1.807) is 12.1 Å². The van der Waals surface area contributed by atoms with Gasteiger partial charge < -0.3 is 5.11 Å². The fourth-order valence-electron chi connectivity index (χ4n) is 2.84. The summed E-state index contributed by atoms with van der Waals surface area (Å²) in [6, 6.07) is 7.37. The van der Waals surface area contributed by atoms with Crippen molar-refractivity contribution in [3.63, 3.8) is 0 Å². The first-order chi connectivity index (χ1) is 8.87. The maximum atomic E-state index is 11.0. The summed E-state index contributed by atoms with van der Waals surface area (Å²) in [5.41, 5.74) is 1.88. The van der Waals surface area contributed by atoms with Gasteiger partial charge in [-0.2, -0.15) is 0 Å². The van der Waals surface area contributed by atoms with Gasteiger partial charge in [0.05, 0.1) is 5.56 Å². The van der Waals surface area contributed by atoms with Crippen molar-refractivity contribution in [1.82, 2.24) is 0 Å². The highest BCUT2D eigenvalue weighted by atomic mass is 16.4. The molecule has 1 N–H and O–H groups in total. The Morgan fingerprint density at radius 1 is 0.950 bits per heavy atom. The van der Waals surface area contributed by atoms with Gasteiger partial charge in [0.15, 0.2) is 0 Å². The van der Waals surface area contributed by atoms with Gasteiger partial charge in [-0.25, -0.2) is 4.79 Å². The maximum absolute atomic E-state index is 11.0. The van der Waals surface area contributed by atoms with Gasteiger partial charge in [-0.05, 0) is 40.4 Å². The number of rotatable bonds is 3. The molecule has 2 heteroatoms. The molecule has 1 unspecified atom stereocenters. The lowest BCUT2D eigenvalue weighted by Crippen LogP contribution is -2.40. The first-order valence-corrected chi connectivity index (χ1v) is 7.21. The number of benzene rings is 1. The molecule has 0 spiro atoms. The van der Waals surface area contributed by atoms with Crippen molar-refractivity contribution >= 4 is 5.97 Å². The molecule has 20 heavy (non-hydrogen) atoms. The van der Waals surface area contributed by atoms with Crippen molar-refractivity contribution in [1.29, 1.82) is 0 Å². The van der Waals surface area contributed by atoms with E-state index in [0.717, 1.165) is 6.42 Å². The first-order valence-electron chi connectivity index (χ1n) is 7.21. The second-order valence-electron chi connectivity index (χ2n) is 8.20. The zero-order valence-corrected chi connectivity index (χ0v) is 13.9. The summed E-state index contributed by atoms with van der Waals surface area (Å²) in [6.07, 6.45) is 1.05. The monoisotopic (exact) mass is 276 g/mol. The van der Waals surface area contributed by atoms with Crippen LogP contribution in [0.5, 0.6) is 0 Å². The van der Waals surface area contributed by atoms with Crippen molar-refractivity contribution < 1.29 is 9.90 Å². The van der Waals surface area contributed by atoms with E-state index < -0.39 is 5.97 Å². The quantitative estimate of drug-likeness (QED) is 0.831. The van der Waals surface area contributed by atoms with Crippen LogP contribution in [0.1, 0.15) is 70.8 Å². The highest BCUT2D eigenvalue weighted by Gasteiger charge is 2.41. The van der Waals surface area contributed by atoms with Crippen molar-refractivity contribution in [2.75, 3.05) is 0 Å². The third-order valence-corrected chi connectivity index (χ3v) is 4.31. The Balaban J connectivity index is 3.28. The minimum atomic E-state index is -0.871. The number of carboxylic acids is 1. The molecule has 0 aromatic heterocycles. The molecule has 0 bridgehead atoms. The fraction of sp³-hybridized carbons (Fsp3) is 0.611. The topological polar surface area (TPSA) is 37.3 Å². The van der Waals surface area contributed by atoms with Gasteiger partial charge in [0.2, 0.25) is 0 Å². The first kappa shape index (κ1) is 16.7. The Kier molecular flexibility index (Phi) is 4.38. The molecule has 0 heterocycles. The number of aromatic carboxylic acids is 1. The van der Waals surface area contributed by atoms with E-state index in [4.69, 9.17) is 5.11 Å². The highest BCUT2D eigenvalue weighted by molar-refractivity contribution is 5.87. The number of hydrogen-bond donors (Lipinski definition) is 1. The zero-order valence-electron chi connectivity index (χ0n) is 13.9. The molecule has 0 aliphatic carbocycles. The van der Waals surface area contributed by atoms with Gasteiger partial charge in [-0.3, -0.25) is 0 Å². The second kappa shape index (κ2) is 5.23. The standard InChI is InChI=1S/C18H28O2/c1-16(2,3)12-18(7,17(4,5)6)14-10-8-13(9-11-14)15(19)20/h8-11H,12H2,1-7H3,(H,19,20). The Labute approximate surface area is 123 Å². The van der Waals surface area contributed by atoms with Gasteiger partial charge in [-0.15, -0.1) is 0 Å². The minimum Gasteiger partial charge on any atom is -0.478 e. The van der Waals surface area contributed by atoms with Crippen LogP contribution in [0.25, 0.3) is 0 Å². The summed E-state index contributed by atoms with van der Waals surface area (Å²) in [5, 5.41) is 9.02. The molecule has 0 radical (unpaired) electrons. The average molecular weight is 276 g/mol. The molecule has 0 fully saturated rings. The van der Waals surface area contributed by atoms with Gasteiger partial charge in [-0.1, -0.05) is 60.6 Å². The molecular formula is C18H28O2. The molecule has 1 aromatic rings. The van der Waals surface area contributed by atoms with Crippen LogP contribution in [0.3, 0.4) is 0 Å². The molecule has 2 nitrogen and oxygen atoms in total. The Hall–Kier alpha value is -1.31. The van der Waals surface area contributed by atoms with Gasteiger partial charge in [0.25, 0.3) is 0 Å². The predicted molar refractivity (Wildman–Crippen MR) is 84.3 cm³/mol. The van der Waals surface area contributed by atoms with Crippen molar-refractivity contribution in [3.05, 3.63) is 35.4 Å².